The van der Waals surface area contributed by atoms with Crippen LogP contribution < -0.4 is 15.5 Å². The van der Waals surface area contributed by atoms with Crippen LogP contribution in [0.3, 0.4) is 0 Å². The van der Waals surface area contributed by atoms with Crippen LogP contribution in [-0.4, -0.2) is 49.4 Å². The quantitative estimate of drug-likeness (QED) is 0.641. The molecule has 7 heteroatoms. The van der Waals surface area contributed by atoms with E-state index in [1.165, 1.54) is 18.5 Å². The molecule has 1 fully saturated rings. The lowest BCUT2D eigenvalue weighted by Crippen LogP contribution is -2.40. The fourth-order valence-electron chi connectivity index (χ4n) is 3.56. The minimum absolute atomic E-state index is 0.0711. The van der Waals surface area contributed by atoms with Crippen LogP contribution in [0.4, 0.5) is 11.4 Å². The number of benzene rings is 1. The van der Waals surface area contributed by atoms with Gasteiger partial charge in [0.25, 0.3) is 0 Å². The first-order chi connectivity index (χ1) is 14.5. The summed E-state index contributed by atoms with van der Waals surface area (Å²) in [5.41, 5.74) is 1.99. The van der Waals surface area contributed by atoms with E-state index in [4.69, 9.17) is 0 Å². The van der Waals surface area contributed by atoms with Crippen LogP contribution in [-0.2, 0) is 16.1 Å². The molecule has 2 N–H and O–H groups in total. The van der Waals surface area contributed by atoms with Crippen molar-refractivity contribution in [2.75, 3.05) is 42.9 Å². The second kappa shape index (κ2) is 11.1. The van der Waals surface area contributed by atoms with E-state index >= 15 is 0 Å². The van der Waals surface area contributed by atoms with E-state index in [9.17, 15) is 9.59 Å². The first-order valence-corrected chi connectivity index (χ1v) is 11.6. The van der Waals surface area contributed by atoms with Gasteiger partial charge in [0.15, 0.2) is 0 Å². The highest BCUT2D eigenvalue weighted by molar-refractivity contribution is 7.09. The van der Waals surface area contributed by atoms with Gasteiger partial charge < -0.3 is 15.5 Å². The lowest BCUT2D eigenvalue weighted by atomic mass is 9.99. The lowest BCUT2D eigenvalue weighted by molar-refractivity contribution is -0.123. The summed E-state index contributed by atoms with van der Waals surface area (Å²) in [7, 11) is 0. The minimum Gasteiger partial charge on any atom is -0.372 e. The smallest absolute Gasteiger partial charge is 0.238 e. The number of hydrogen-bond acceptors (Lipinski definition) is 5. The maximum absolute atomic E-state index is 12.4. The highest BCUT2D eigenvalue weighted by Gasteiger charge is 2.16. The third kappa shape index (κ3) is 6.85. The first kappa shape index (κ1) is 22.3. The normalized spacial score (nSPS) is 14.7. The topological polar surface area (TPSA) is 64.7 Å². The zero-order valence-corrected chi connectivity index (χ0v) is 18.7. The van der Waals surface area contributed by atoms with Gasteiger partial charge >= 0.3 is 0 Å². The summed E-state index contributed by atoms with van der Waals surface area (Å²) in [6.45, 7) is 8.00. The Labute approximate surface area is 183 Å². The van der Waals surface area contributed by atoms with E-state index in [-0.39, 0.29) is 24.9 Å². The molecule has 1 aliphatic rings. The summed E-state index contributed by atoms with van der Waals surface area (Å²) < 4.78 is 0. The summed E-state index contributed by atoms with van der Waals surface area (Å²) in [5, 5.41) is 7.84. The summed E-state index contributed by atoms with van der Waals surface area (Å²) in [6.07, 6.45) is 2.46. The van der Waals surface area contributed by atoms with Crippen molar-refractivity contribution in [1.29, 1.82) is 0 Å². The van der Waals surface area contributed by atoms with Gasteiger partial charge in [-0.2, -0.15) is 0 Å². The Balaban J connectivity index is 1.43. The van der Waals surface area contributed by atoms with Gasteiger partial charge in [0.05, 0.1) is 19.6 Å². The zero-order valence-electron chi connectivity index (χ0n) is 17.9. The minimum atomic E-state index is -0.109. The van der Waals surface area contributed by atoms with Crippen LogP contribution in [0.15, 0.2) is 41.8 Å². The monoisotopic (exact) mass is 428 g/mol. The molecule has 0 radical (unpaired) electrons. The molecule has 2 aromatic rings. The summed E-state index contributed by atoms with van der Waals surface area (Å²) in [4.78, 5) is 30.0. The summed E-state index contributed by atoms with van der Waals surface area (Å²) in [5.74, 6) is 0.625. The molecule has 30 heavy (non-hydrogen) atoms. The Kier molecular flexibility index (Phi) is 8.28. The third-order valence-electron chi connectivity index (χ3n) is 5.52. The van der Waals surface area contributed by atoms with Crippen molar-refractivity contribution < 1.29 is 9.59 Å². The van der Waals surface area contributed by atoms with Crippen LogP contribution in [0.5, 0.6) is 0 Å². The summed E-state index contributed by atoms with van der Waals surface area (Å²) >= 11 is 1.62. The van der Waals surface area contributed by atoms with Crippen molar-refractivity contribution >= 4 is 34.5 Å². The number of thiophene rings is 1. The van der Waals surface area contributed by atoms with Gasteiger partial charge in [-0.3, -0.25) is 14.5 Å². The molecule has 0 bridgehead atoms. The Morgan fingerprint density at radius 2 is 1.80 bits per heavy atom. The van der Waals surface area contributed by atoms with Crippen molar-refractivity contribution in [2.45, 2.75) is 33.2 Å². The molecule has 0 atom stereocenters. The number of carbonyl (C=O) groups is 2. The van der Waals surface area contributed by atoms with Crippen molar-refractivity contribution in [2.24, 2.45) is 5.92 Å². The molecule has 2 heterocycles. The molecule has 1 aromatic carbocycles. The number of likely N-dealkylation sites (N-methyl/N-ethyl adjacent to an activating group) is 1. The Hall–Kier alpha value is -2.38. The zero-order chi connectivity index (χ0) is 21.3. The maximum Gasteiger partial charge on any atom is 0.238 e. The molecule has 162 valence electrons. The second-order valence-electron chi connectivity index (χ2n) is 7.92. The van der Waals surface area contributed by atoms with Crippen LogP contribution in [0.2, 0.25) is 0 Å². The third-order valence-corrected chi connectivity index (χ3v) is 6.40. The van der Waals surface area contributed by atoms with Gasteiger partial charge in [-0.25, -0.2) is 0 Å². The first-order valence-electron chi connectivity index (χ1n) is 10.7. The number of nitrogens with zero attached hydrogens (tertiary/aromatic N) is 2. The molecule has 1 aromatic heterocycles. The number of hydrogen-bond donors (Lipinski definition) is 2. The van der Waals surface area contributed by atoms with Crippen LogP contribution in [0, 0.1) is 5.92 Å². The molecular weight excluding hydrogens is 396 g/mol. The van der Waals surface area contributed by atoms with Crippen LogP contribution in [0.25, 0.3) is 0 Å². The average Bonchev–Trinajstić information content (AvgIpc) is 3.27. The number of rotatable bonds is 9. The standard InChI is InChI=1S/C23H32N4O2S/c1-3-26(16-22(28)24-15-21-5-4-14-30-21)17-23(29)25-19-6-8-20(9-7-19)27-12-10-18(2)11-13-27/h4-9,14,18H,3,10-13,15-17H2,1-2H3,(H,24,28)(H,25,29). The van der Waals surface area contributed by atoms with Crippen molar-refractivity contribution in [1.82, 2.24) is 10.2 Å². The number of piperidine rings is 1. The van der Waals surface area contributed by atoms with E-state index < -0.39 is 0 Å². The summed E-state index contributed by atoms with van der Waals surface area (Å²) in [6, 6.07) is 12.0. The van der Waals surface area contributed by atoms with Gasteiger partial charge in [-0.05, 0) is 61.0 Å². The van der Waals surface area contributed by atoms with E-state index in [0.29, 0.717) is 13.1 Å². The molecular formula is C23H32N4O2S. The average molecular weight is 429 g/mol. The SMILES string of the molecule is CCN(CC(=O)NCc1cccs1)CC(=O)Nc1ccc(N2CCC(C)CC2)cc1. The number of nitrogens with one attached hydrogen (secondary N) is 2. The lowest BCUT2D eigenvalue weighted by Gasteiger charge is -2.32. The van der Waals surface area contributed by atoms with E-state index in [1.54, 1.807) is 11.3 Å². The molecule has 3 rings (SSSR count). The largest absolute Gasteiger partial charge is 0.372 e. The van der Waals surface area contributed by atoms with E-state index in [2.05, 4.69) is 34.6 Å². The van der Waals surface area contributed by atoms with Crippen molar-refractivity contribution in [3.63, 3.8) is 0 Å². The number of anilines is 2. The Morgan fingerprint density at radius 1 is 1.10 bits per heavy atom. The molecule has 0 aliphatic carbocycles. The molecule has 0 unspecified atom stereocenters. The van der Waals surface area contributed by atoms with Crippen LogP contribution >= 0.6 is 11.3 Å². The highest BCUT2D eigenvalue weighted by Crippen LogP contribution is 2.24. The van der Waals surface area contributed by atoms with Crippen LogP contribution in [0.1, 0.15) is 31.6 Å². The molecule has 0 spiro atoms. The Morgan fingerprint density at radius 3 is 2.43 bits per heavy atom. The number of amides is 2. The van der Waals surface area contributed by atoms with Gasteiger partial charge in [-0.15, -0.1) is 11.3 Å². The Bertz CT molecular complexity index is 799. The maximum atomic E-state index is 12.4. The number of carbonyl (C=O) groups excluding carboxylic acids is 2. The molecule has 1 aliphatic heterocycles. The van der Waals surface area contributed by atoms with Gasteiger partial charge in [0, 0.05) is 29.3 Å². The van der Waals surface area contributed by atoms with Crippen molar-refractivity contribution in [3.05, 3.63) is 46.7 Å². The molecule has 0 saturated carbocycles. The second-order valence-corrected chi connectivity index (χ2v) is 8.96. The van der Waals surface area contributed by atoms with Crippen molar-refractivity contribution in [3.8, 4) is 0 Å². The predicted molar refractivity (Wildman–Crippen MR) is 124 cm³/mol. The van der Waals surface area contributed by atoms with Gasteiger partial charge in [-0.1, -0.05) is 19.9 Å². The van der Waals surface area contributed by atoms with E-state index in [1.807, 2.05) is 41.5 Å². The van der Waals surface area contributed by atoms with E-state index in [0.717, 1.165) is 29.6 Å². The molecule has 1 saturated heterocycles. The molecule has 2 amide bonds. The highest BCUT2D eigenvalue weighted by atomic mass is 32.1. The molecule has 6 nitrogen and oxygen atoms in total. The predicted octanol–water partition coefficient (Wildman–Crippen LogP) is 3.56. The fourth-order valence-corrected chi connectivity index (χ4v) is 4.21. The fraction of sp³-hybridized carbons (Fsp3) is 0.478. The van der Waals surface area contributed by atoms with Gasteiger partial charge in [0.1, 0.15) is 0 Å². The van der Waals surface area contributed by atoms with Gasteiger partial charge in [0.2, 0.25) is 11.8 Å².